The molecular weight excluding hydrogens is 150 g/mol. The van der Waals surface area contributed by atoms with E-state index in [2.05, 4.69) is 6.07 Å². The van der Waals surface area contributed by atoms with Gasteiger partial charge in [-0.3, -0.25) is 4.79 Å². The van der Waals surface area contributed by atoms with Crippen LogP contribution in [0.1, 0.15) is 40.0 Å². The van der Waals surface area contributed by atoms with Crippen molar-refractivity contribution in [1.82, 2.24) is 0 Å². The zero-order chi connectivity index (χ0) is 9.56. The first-order chi connectivity index (χ1) is 5.61. The number of ketones is 1. The molecule has 0 bridgehead atoms. The zero-order valence-corrected chi connectivity index (χ0v) is 8.13. The van der Waals surface area contributed by atoms with Gasteiger partial charge in [-0.05, 0) is 6.42 Å². The van der Waals surface area contributed by atoms with Crippen molar-refractivity contribution in [3.8, 4) is 6.07 Å². The molecule has 2 heteroatoms. The molecule has 0 radical (unpaired) electrons. The number of nitrogens with zero attached hydrogens (tertiary/aromatic N) is 1. The van der Waals surface area contributed by atoms with Gasteiger partial charge in [0.05, 0.1) is 12.0 Å². The molecule has 0 rings (SSSR count). The largest absolute Gasteiger partial charge is 0.299 e. The number of rotatable bonds is 5. The molecule has 0 spiro atoms. The van der Waals surface area contributed by atoms with Crippen LogP contribution in [0.3, 0.4) is 0 Å². The lowest BCUT2D eigenvalue weighted by molar-refractivity contribution is -0.122. The molecule has 1 atom stereocenters. The summed E-state index contributed by atoms with van der Waals surface area (Å²) >= 11 is 0. The van der Waals surface area contributed by atoms with Gasteiger partial charge in [-0.25, -0.2) is 0 Å². The Balaban J connectivity index is 3.88. The third-order valence-corrected chi connectivity index (χ3v) is 1.91. The number of carbonyl (C=O) groups is 1. The normalized spacial score (nSPS) is 12.6. The maximum atomic E-state index is 11.2. The monoisotopic (exact) mass is 167 g/mol. The number of hydrogen-bond acceptors (Lipinski definition) is 2. The van der Waals surface area contributed by atoms with E-state index < -0.39 is 0 Å². The molecule has 0 aromatic heterocycles. The highest BCUT2D eigenvalue weighted by molar-refractivity contribution is 5.80. The van der Waals surface area contributed by atoms with Crippen molar-refractivity contribution in [2.45, 2.75) is 40.0 Å². The van der Waals surface area contributed by atoms with Crippen molar-refractivity contribution in [3.63, 3.8) is 0 Å². The first-order valence-electron chi connectivity index (χ1n) is 4.54. The lowest BCUT2D eigenvalue weighted by Gasteiger charge is -2.07. The minimum Gasteiger partial charge on any atom is -0.299 e. The van der Waals surface area contributed by atoms with Gasteiger partial charge in [-0.2, -0.15) is 5.26 Å². The van der Waals surface area contributed by atoms with E-state index in [0.717, 1.165) is 12.8 Å². The predicted molar refractivity (Wildman–Crippen MR) is 48.5 cm³/mol. The molecule has 0 fully saturated rings. The van der Waals surface area contributed by atoms with Gasteiger partial charge in [0.15, 0.2) is 0 Å². The maximum absolute atomic E-state index is 11.2. The number of nitriles is 1. The number of carbonyl (C=O) groups excluding carboxylic acids is 1. The number of hydrogen-bond donors (Lipinski definition) is 0. The van der Waals surface area contributed by atoms with Crippen molar-refractivity contribution >= 4 is 5.78 Å². The molecule has 0 saturated carbocycles. The Bertz CT molecular complexity index is 179. The average Bonchev–Trinajstić information content (AvgIpc) is 2.03. The van der Waals surface area contributed by atoms with Crippen LogP contribution in [0.2, 0.25) is 0 Å². The molecule has 0 aromatic carbocycles. The SMILES string of the molecule is CCC[C@H](C#N)CC(=O)C(C)C. The van der Waals surface area contributed by atoms with Gasteiger partial charge in [0.1, 0.15) is 5.78 Å². The second-order valence-electron chi connectivity index (χ2n) is 3.44. The van der Waals surface area contributed by atoms with Gasteiger partial charge in [-0.1, -0.05) is 27.2 Å². The topological polar surface area (TPSA) is 40.9 Å². The van der Waals surface area contributed by atoms with E-state index in [0.29, 0.717) is 6.42 Å². The van der Waals surface area contributed by atoms with Crippen LogP contribution in [0.15, 0.2) is 0 Å². The van der Waals surface area contributed by atoms with Crippen LogP contribution in [0.25, 0.3) is 0 Å². The molecule has 12 heavy (non-hydrogen) atoms. The highest BCUT2D eigenvalue weighted by atomic mass is 16.1. The molecule has 0 aliphatic heterocycles. The fourth-order valence-electron chi connectivity index (χ4n) is 1.04. The van der Waals surface area contributed by atoms with Crippen molar-refractivity contribution in [3.05, 3.63) is 0 Å². The molecule has 0 unspecified atom stereocenters. The molecule has 0 aliphatic rings. The van der Waals surface area contributed by atoms with Crippen LogP contribution in [0.4, 0.5) is 0 Å². The van der Waals surface area contributed by atoms with Crippen molar-refractivity contribution < 1.29 is 4.79 Å². The van der Waals surface area contributed by atoms with Gasteiger partial charge < -0.3 is 0 Å². The fraction of sp³-hybridized carbons (Fsp3) is 0.800. The van der Waals surface area contributed by atoms with E-state index in [4.69, 9.17) is 5.26 Å². The van der Waals surface area contributed by atoms with Crippen molar-refractivity contribution in [2.24, 2.45) is 11.8 Å². The Hall–Kier alpha value is -0.840. The minimum atomic E-state index is -0.0649. The van der Waals surface area contributed by atoms with E-state index in [9.17, 15) is 4.79 Å². The number of Topliss-reactive ketones (excluding diaryl/α,β-unsaturated/α-hetero) is 1. The van der Waals surface area contributed by atoms with Gasteiger partial charge in [0.2, 0.25) is 0 Å². The summed E-state index contributed by atoms with van der Waals surface area (Å²) in [5.74, 6) is 0.206. The smallest absolute Gasteiger partial charge is 0.136 e. The molecule has 0 aromatic rings. The first-order valence-corrected chi connectivity index (χ1v) is 4.54. The Morgan fingerprint density at radius 3 is 2.42 bits per heavy atom. The van der Waals surface area contributed by atoms with E-state index in [1.807, 2.05) is 20.8 Å². The summed E-state index contributed by atoms with van der Waals surface area (Å²) in [7, 11) is 0. The summed E-state index contributed by atoms with van der Waals surface area (Å²) in [6.07, 6.45) is 2.25. The summed E-state index contributed by atoms with van der Waals surface area (Å²) in [6.45, 7) is 5.79. The Morgan fingerprint density at radius 1 is 1.50 bits per heavy atom. The summed E-state index contributed by atoms with van der Waals surface area (Å²) in [4.78, 5) is 11.2. The van der Waals surface area contributed by atoms with Crippen LogP contribution < -0.4 is 0 Å². The molecule has 0 N–H and O–H groups in total. The average molecular weight is 167 g/mol. The third-order valence-electron chi connectivity index (χ3n) is 1.91. The predicted octanol–water partition coefficient (Wildman–Crippen LogP) is 2.54. The Labute approximate surface area is 74.6 Å². The first kappa shape index (κ1) is 11.2. The molecule has 0 amide bonds. The van der Waals surface area contributed by atoms with E-state index in [-0.39, 0.29) is 17.6 Å². The zero-order valence-electron chi connectivity index (χ0n) is 8.13. The van der Waals surface area contributed by atoms with E-state index in [1.54, 1.807) is 0 Å². The van der Waals surface area contributed by atoms with Gasteiger partial charge in [-0.15, -0.1) is 0 Å². The van der Waals surface area contributed by atoms with Crippen molar-refractivity contribution in [2.75, 3.05) is 0 Å². The van der Waals surface area contributed by atoms with E-state index >= 15 is 0 Å². The van der Waals surface area contributed by atoms with Gasteiger partial charge in [0, 0.05) is 12.3 Å². The lowest BCUT2D eigenvalue weighted by atomic mass is 9.94. The quantitative estimate of drug-likeness (QED) is 0.631. The van der Waals surface area contributed by atoms with Crippen LogP contribution >= 0.6 is 0 Å². The summed E-state index contributed by atoms with van der Waals surface area (Å²) in [5.41, 5.74) is 0. The van der Waals surface area contributed by atoms with Crippen LogP contribution in [0.5, 0.6) is 0 Å². The molecule has 68 valence electrons. The van der Waals surface area contributed by atoms with Crippen LogP contribution in [-0.2, 0) is 4.79 Å². The fourth-order valence-corrected chi connectivity index (χ4v) is 1.04. The Kier molecular flexibility index (Phi) is 5.36. The lowest BCUT2D eigenvalue weighted by Crippen LogP contribution is -2.12. The van der Waals surface area contributed by atoms with E-state index in [1.165, 1.54) is 0 Å². The van der Waals surface area contributed by atoms with Gasteiger partial charge in [0.25, 0.3) is 0 Å². The minimum absolute atomic E-state index is 0.0649. The molecule has 0 heterocycles. The van der Waals surface area contributed by atoms with Crippen LogP contribution in [0, 0.1) is 23.2 Å². The summed E-state index contributed by atoms with van der Waals surface area (Å²) < 4.78 is 0. The summed E-state index contributed by atoms with van der Waals surface area (Å²) in [5, 5.41) is 8.69. The third kappa shape index (κ3) is 4.12. The maximum Gasteiger partial charge on any atom is 0.136 e. The molecule has 0 saturated heterocycles. The van der Waals surface area contributed by atoms with Gasteiger partial charge >= 0.3 is 0 Å². The molecule has 0 aliphatic carbocycles. The molecule has 2 nitrogen and oxygen atoms in total. The highest BCUT2D eigenvalue weighted by Gasteiger charge is 2.14. The Morgan fingerprint density at radius 2 is 2.08 bits per heavy atom. The molecular formula is C10H17NO. The second-order valence-corrected chi connectivity index (χ2v) is 3.44. The van der Waals surface area contributed by atoms with Crippen molar-refractivity contribution in [1.29, 1.82) is 5.26 Å². The standard InChI is InChI=1S/C10H17NO/c1-4-5-9(7-11)6-10(12)8(2)3/h8-9H,4-6H2,1-3H3/t9-/m0/s1. The summed E-state index contributed by atoms with van der Waals surface area (Å²) in [6, 6.07) is 2.17. The van der Waals surface area contributed by atoms with Crippen LogP contribution in [-0.4, -0.2) is 5.78 Å². The highest BCUT2D eigenvalue weighted by Crippen LogP contribution is 2.13. The second kappa shape index (κ2) is 5.77.